The molecule has 0 saturated heterocycles. The van der Waals surface area contributed by atoms with Crippen LogP contribution in [0.1, 0.15) is 18.4 Å². The Bertz CT molecular complexity index is 416. The number of hydrogen-bond acceptors (Lipinski definition) is 2. The number of halogens is 4. The van der Waals surface area contributed by atoms with Crippen molar-refractivity contribution in [2.75, 3.05) is 11.4 Å². The Morgan fingerprint density at radius 2 is 2.12 bits per heavy atom. The number of alkyl halides is 3. The summed E-state index contributed by atoms with van der Waals surface area (Å²) in [6.07, 6.45) is -1.03. The van der Waals surface area contributed by atoms with Crippen molar-refractivity contribution in [2.24, 2.45) is 0 Å². The van der Waals surface area contributed by atoms with Gasteiger partial charge in [0.25, 0.3) is 0 Å². The van der Waals surface area contributed by atoms with Gasteiger partial charge in [0.1, 0.15) is 12.4 Å². The topological polar surface area (TPSA) is 16.1 Å². The van der Waals surface area contributed by atoms with Crippen LogP contribution >= 0.6 is 15.9 Å². The first-order chi connectivity index (χ1) is 7.87. The number of aryl methyl sites for hydroxylation is 1. The van der Waals surface area contributed by atoms with Gasteiger partial charge in [-0.05, 0) is 47.3 Å². The normalized spacial score (nSPS) is 16.1. The van der Waals surface area contributed by atoms with Crippen molar-refractivity contribution in [1.29, 1.82) is 0 Å². The Hall–Kier alpha value is -0.780. The van der Waals surface area contributed by atoms with E-state index in [1.165, 1.54) is 11.1 Å². The van der Waals surface area contributed by atoms with Gasteiger partial charge < -0.3 is 4.90 Å². The fraction of sp³-hybridized carbons (Fsp3) is 0.545. The smallest absolute Gasteiger partial charge is 0.344 e. The Morgan fingerprint density at radius 3 is 2.59 bits per heavy atom. The first-order valence-corrected chi connectivity index (χ1v) is 6.11. The number of nitrogens with zero attached hydrogens (tertiary/aromatic N) is 2. The lowest BCUT2D eigenvalue weighted by Crippen LogP contribution is -2.37. The summed E-state index contributed by atoms with van der Waals surface area (Å²) in [7, 11) is 0. The predicted molar refractivity (Wildman–Crippen MR) is 63.1 cm³/mol. The van der Waals surface area contributed by atoms with Crippen LogP contribution in [0.15, 0.2) is 16.7 Å². The number of aromatic nitrogens is 1. The zero-order valence-corrected chi connectivity index (χ0v) is 10.8. The molecule has 94 valence electrons. The molecule has 1 aliphatic rings. The maximum absolute atomic E-state index is 12.5. The molecule has 1 aromatic rings. The Labute approximate surface area is 106 Å². The standard InChI is InChI=1S/C11H12BrF3N2/c1-7-4-8(12)5-16-10(7)17(9-2-3-9)6-11(13,14)15/h4-5,9H,2-3,6H2,1H3. The number of anilines is 1. The molecule has 2 rings (SSSR count). The van der Waals surface area contributed by atoms with E-state index in [1.54, 1.807) is 13.0 Å². The highest BCUT2D eigenvalue weighted by molar-refractivity contribution is 9.10. The molecule has 17 heavy (non-hydrogen) atoms. The second kappa shape index (κ2) is 4.48. The van der Waals surface area contributed by atoms with Gasteiger partial charge in [0, 0.05) is 16.7 Å². The second-order valence-electron chi connectivity index (χ2n) is 4.27. The van der Waals surface area contributed by atoms with Gasteiger partial charge in [-0.1, -0.05) is 0 Å². The van der Waals surface area contributed by atoms with Crippen molar-refractivity contribution in [1.82, 2.24) is 4.98 Å². The van der Waals surface area contributed by atoms with Gasteiger partial charge in [-0.3, -0.25) is 0 Å². The summed E-state index contributed by atoms with van der Waals surface area (Å²) in [5, 5.41) is 0. The van der Waals surface area contributed by atoms with Gasteiger partial charge in [0.2, 0.25) is 0 Å². The quantitative estimate of drug-likeness (QED) is 0.846. The van der Waals surface area contributed by atoms with E-state index >= 15 is 0 Å². The minimum atomic E-state index is -4.19. The van der Waals surface area contributed by atoms with E-state index in [2.05, 4.69) is 20.9 Å². The summed E-state index contributed by atoms with van der Waals surface area (Å²) < 4.78 is 38.3. The Morgan fingerprint density at radius 1 is 1.47 bits per heavy atom. The monoisotopic (exact) mass is 308 g/mol. The molecule has 1 heterocycles. The van der Waals surface area contributed by atoms with E-state index in [9.17, 15) is 13.2 Å². The highest BCUT2D eigenvalue weighted by Crippen LogP contribution is 2.35. The summed E-state index contributed by atoms with van der Waals surface area (Å²) in [4.78, 5) is 5.47. The predicted octanol–water partition coefficient (Wildman–Crippen LogP) is 3.68. The number of pyridine rings is 1. The van der Waals surface area contributed by atoms with Crippen LogP contribution in [-0.4, -0.2) is 23.7 Å². The van der Waals surface area contributed by atoms with E-state index in [0.29, 0.717) is 5.82 Å². The molecule has 6 heteroatoms. The van der Waals surface area contributed by atoms with Gasteiger partial charge >= 0.3 is 6.18 Å². The molecule has 1 saturated carbocycles. The molecule has 2 nitrogen and oxygen atoms in total. The first kappa shape index (κ1) is 12.7. The number of hydrogen-bond donors (Lipinski definition) is 0. The largest absolute Gasteiger partial charge is 0.405 e. The van der Waals surface area contributed by atoms with Gasteiger partial charge in [0.15, 0.2) is 0 Å². The van der Waals surface area contributed by atoms with Crippen molar-refractivity contribution in [3.8, 4) is 0 Å². The van der Waals surface area contributed by atoms with Crippen LogP contribution in [0.3, 0.4) is 0 Å². The Balaban J connectivity index is 2.26. The maximum atomic E-state index is 12.5. The Kier molecular flexibility index (Phi) is 3.34. The van der Waals surface area contributed by atoms with E-state index in [0.717, 1.165) is 22.9 Å². The van der Waals surface area contributed by atoms with Crippen molar-refractivity contribution in [2.45, 2.75) is 32.0 Å². The first-order valence-electron chi connectivity index (χ1n) is 5.32. The molecule has 1 aliphatic carbocycles. The number of rotatable bonds is 3. The summed E-state index contributed by atoms with van der Waals surface area (Å²) in [5.74, 6) is 0.438. The maximum Gasteiger partial charge on any atom is 0.405 e. The summed E-state index contributed by atoms with van der Waals surface area (Å²) in [6.45, 7) is 0.853. The highest BCUT2D eigenvalue weighted by atomic mass is 79.9. The van der Waals surface area contributed by atoms with Crippen molar-refractivity contribution >= 4 is 21.7 Å². The third kappa shape index (κ3) is 3.34. The van der Waals surface area contributed by atoms with Crippen LogP contribution < -0.4 is 4.90 Å². The second-order valence-corrected chi connectivity index (χ2v) is 5.18. The van der Waals surface area contributed by atoms with Gasteiger partial charge in [0.05, 0.1) is 0 Å². The summed E-state index contributed by atoms with van der Waals surface area (Å²) in [5.41, 5.74) is 0.760. The molecular weight excluding hydrogens is 297 g/mol. The summed E-state index contributed by atoms with van der Waals surface area (Å²) >= 11 is 3.26. The molecule has 0 bridgehead atoms. The van der Waals surface area contributed by atoms with E-state index in [-0.39, 0.29) is 6.04 Å². The van der Waals surface area contributed by atoms with Crippen molar-refractivity contribution in [3.63, 3.8) is 0 Å². The minimum absolute atomic E-state index is 0.0102. The van der Waals surface area contributed by atoms with Crippen LogP contribution in [0, 0.1) is 6.92 Å². The van der Waals surface area contributed by atoms with Crippen LogP contribution in [0.25, 0.3) is 0 Å². The van der Waals surface area contributed by atoms with E-state index in [4.69, 9.17) is 0 Å². The lowest BCUT2D eigenvalue weighted by molar-refractivity contribution is -0.120. The molecule has 0 radical (unpaired) electrons. The zero-order valence-electron chi connectivity index (χ0n) is 9.26. The molecule has 0 amide bonds. The SMILES string of the molecule is Cc1cc(Br)cnc1N(CC(F)(F)F)C1CC1. The van der Waals surface area contributed by atoms with E-state index in [1.807, 2.05) is 0 Å². The lowest BCUT2D eigenvalue weighted by atomic mass is 10.2. The average molecular weight is 309 g/mol. The molecule has 0 atom stereocenters. The molecule has 0 spiro atoms. The van der Waals surface area contributed by atoms with E-state index < -0.39 is 12.7 Å². The molecule has 0 unspecified atom stereocenters. The minimum Gasteiger partial charge on any atom is -0.344 e. The van der Waals surface area contributed by atoms with Crippen molar-refractivity contribution < 1.29 is 13.2 Å². The molecular formula is C11H12BrF3N2. The average Bonchev–Trinajstić information content (AvgIpc) is 2.96. The lowest BCUT2D eigenvalue weighted by Gasteiger charge is -2.26. The van der Waals surface area contributed by atoms with Gasteiger partial charge in [-0.15, -0.1) is 0 Å². The van der Waals surface area contributed by atoms with Crippen molar-refractivity contribution in [3.05, 3.63) is 22.3 Å². The van der Waals surface area contributed by atoms with Crippen LogP contribution in [0.2, 0.25) is 0 Å². The molecule has 1 aromatic heterocycles. The fourth-order valence-corrected chi connectivity index (χ4v) is 2.24. The summed E-state index contributed by atoms with van der Waals surface area (Å²) in [6, 6.07) is 1.78. The van der Waals surface area contributed by atoms with Crippen LogP contribution in [0.5, 0.6) is 0 Å². The van der Waals surface area contributed by atoms with Crippen LogP contribution in [-0.2, 0) is 0 Å². The third-order valence-corrected chi connectivity index (χ3v) is 3.06. The van der Waals surface area contributed by atoms with Gasteiger partial charge in [-0.2, -0.15) is 13.2 Å². The molecule has 1 fully saturated rings. The molecule has 0 aliphatic heterocycles. The highest BCUT2D eigenvalue weighted by Gasteiger charge is 2.39. The van der Waals surface area contributed by atoms with Crippen LogP contribution in [0.4, 0.5) is 19.0 Å². The molecule has 0 aromatic carbocycles. The van der Waals surface area contributed by atoms with Gasteiger partial charge in [-0.25, -0.2) is 4.98 Å². The fourth-order valence-electron chi connectivity index (χ4n) is 1.79. The third-order valence-electron chi connectivity index (χ3n) is 2.63. The molecule has 0 N–H and O–H groups in total. The zero-order chi connectivity index (χ0) is 12.6.